The number of carbonyl (C=O) groups is 2. The fraction of sp³-hybridized carbons (Fsp3) is 0.733. The van der Waals surface area contributed by atoms with E-state index in [-0.39, 0.29) is 23.5 Å². The highest BCUT2D eigenvalue weighted by molar-refractivity contribution is 5.73. The molecular weight excluding hydrogens is 466 g/mol. The molecule has 0 saturated carbocycles. The first-order chi connectivity index (χ1) is 17.1. The predicted octanol–water partition coefficient (Wildman–Crippen LogP) is 5.77. The van der Waals surface area contributed by atoms with Crippen molar-refractivity contribution < 1.29 is 19.1 Å². The summed E-state index contributed by atoms with van der Waals surface area (Å²) in [6.07, 6.45) is 3.23. The number of hydrogen-bond acceptors (Lipinski definition) is 6. The van der Waals surface area contributed by atoms with Gasteiger partial charge in [-0.25, -0.2) is 4.79 Å². The zero-order valence-corrected chi connectivity index (χ0v) is 24.6. The van der Waals surface area contributed by atoms with E-state index in [1.54, 1.807) is 0 Å². The Labute approximate surface area is 224 Å². The molecule has 2 fully saturated rings. The molecule has 0 radical (unpaired) electrons. The average molecular weight is 516 g/mol. The molecule has 3 rings (SSSR count). The minimum absolute atomic E-state index is 0.00434. The fourth-order valence-corrected chi connectivity index (χ4v) is 5.17. The number of nitrogens with zero attached hydrogens (tertiary/aromatic N) is 3. The van der Waals surface area contributed by atoms with Gasteiger partial charge >= 0.3 is 12.1 Å². The highest BCUT2D eigenvalue weighted by Crippen LogP contribution is 2.33. The van der Waals surface area contributed by atoms with Gasteiger partial charge in [-0.15, -0.1) is 0 Å². The lowest BCUT2D eigenvalue weighted by molar-refractivity contribution is -0.160. The number of benzene rings is 1. The lowest BCUT2D eigenvalue weighted by Crippen LogP contribution is -2.53. The van der Waals surface area contributed by atoms with Crippen molar-refractivity contribution >= 4 is 17.7 Å². The van der Waals surface area contributed by atoms with E-state index < -0.39 is 11.2 Å². The first-order valence-corrected chi connectivity index (χ1v) is 13.8. The maximum Gasteiger partial charge on any atom is 0.410 e. The van der Waals surface area contributed by atoms with E-state index in [1.807, 2.05) is 46.4 Å². The van der Waals surface area contributed by atoms with E-state index in [0.717, 1.165) is 45.3 Å². The maximum absolute atomic E-state index is 12.6. The van der Waals surface area contributed by atoms with Crippen LogP contribution in [0.2, 0.25) is 0 Å². The maximum atomic E-state index is 12.6. The molecule has 0 aliphatic carbocycles. The average Bonchev–Trinajstić information content (AvgIpc) is 2.78. The van der Waals surface area contributed by atoms with Crippen LogP contribution < -0.4 is 4.90 Å². The fourth-order valence-electron chi connectivity index (χ4n) is 5.17. The van der Waals surface area contributed by atoms with Crippen LogP contribution in [0, 0.1) is 12.8 Å². The van der Waals surface area contributed by atoms with E-state index in [4.69, 9.17) is 9.47 Å². The number of likely N-dealkylation sites (tertiary alicyclic amines) is 1. The first-order valence-electron chi connectivity index (χ1n) is 13.8. The van der Waals surface area contributed by atoms with Crippen LogP contribution >= 0.6 is 0 Å². The third kappa shape index (κ3) is 8.10. The summed E-state index contributed by atoms with van der Waals surface area (Å²) < 4.78 is 11.2. The third-order valence-electron chi connectivity index (χ3n) is 7.64. The monoisotopic (exact) mass is 515 g/mol. The molecular formula is C30H49N3O4. The van der Waals surface area contributed by atoms with Gasteiger partial charge in [0.1, 0.15) is 11.2 Å². The Morgan fingerprint density at radius 1 is 0.973 bits per heavy atom. The number of rotatable bonds is 5. The molecule has 0 unspecified atom stereocenters. The molecule has 7 heteroatoms. The summed E-state index contributed by atoms with van der Waals surface area (Å²) in [4.78, 5) is 31.8. The molecule has 0 atom stereocenters. The second-order valence-electron chi connectivity index (χ2n) is 13.2. The van der Waals surface area contributed by atoms with Crippen molar-refractivity contribution in [2.75, 3.05) is 38.1 Å². The molecule has 2 heterocycles. The van der Waals surface area contributed by atoms with Crippen molar-refractivity contribution in [3.63, 3.8) is 0 Å². The Kier molecular flexibility index (Phi) is 8.88. The molecule has 1 amide bonds. The zero-order chi connectivity index (χ0) is 27.6. The van der Waals surface area contributed by atoms with Crippen molar-refractivity contribution in [3.8, 4) is 0 Å². The Balaban J connectivity index is 1.63. The van der Waals surface area contributed by atoms with Gasteiger partial charge in [0.25, 0.3) is 0 Å². The van der Waals surface area contributed by atoms with Crippen LogP contribution in [0.1, 0.15) is 85.3 Å². The van der Waals surface area contributed by atoms with Gasteiger partial charge in [0.05, 0.1) is 5.92 Å². The van der Waals surface area contributed by atoms with Gasteiger partial charge in [-0.1, -0.05) is 12.1 Å². The van der Waals surface area contributed by atoms with Crippen LogP contribution in [0.5, 0.6) is 0 Å². The third-order valence-corrected chi connectivity index (χ3v) is 7.64. The van der Waals surface area contributed by atoms with E-state index >= 15 is 0 Å². The van der Waals surface area contributed by atoms with Gasteiger partial charge in [0.15, 0.2) is 0 Å². The standard InChI is InChI=1S/C30H49N3O4/c1-22-10-11-24(25(20-22)32-16-12-23(13-17-32)26(34)36-28(2,3)4)21-31(9)30(8)14-18-33(19-15-30)27(35)37-29(5,6)7/h10-11,20,23H,12-19,21H2,1-9H3. The molecule has 0 bridgehead atoms. The second-order valence-corrected chi connectivity index (χ2v) is 13.2. The quantitative estimate of drug-likeness (QED) is 0.464. The predicted molar refractivity (Wildman–Crippen MR) is 149 cm³/mol. The second kappa shape index (κ2) is 11.2. The zero-order valence-electron chi connectivity index (χ0n) is 24.6. The Bertz CT molecular complexity index is 947. The number of anilines is 1. The largest absolute Gasteiger partial charge is 0.460 e. The molecule has 2 aliphatic heterocycles. The number of ether oxygens (including phenoxy) is 2. The highest BCUT2D eigenvalue weighted by Gasteiger charge is 2.37. The van der Waals surface area contributed by atoms with E-state index in [1.165, 1.54) is 16.8 Å². The van der Waals surface area contributed by atoms with Crippen LogP contribution in [0.3, 0.4) is 0 Å². The lowest BCUT2D eigenvalue weighted by atomic mass is 9.87. The van der Waals surface area contributed by atoms with Gasteiger partial charge in [-0.2, -0.15) is 0 Å². The van der Waals surface area contributed by atoms with E-state index in [9.17, 15) is 9.59 Å². The van der Waals surface area contributed by atoms with Gasteiger partial charge in [-0.05, 0) is 105 Å². The molecule has 0 N–H and O–H groups in total. The summed E-state index contributed by atoms with van der Waals surface area (Å²) in [7, 11) is 2.20. The van der Waals surface area contributed by atoms with Crippen LogP contribution in [0.4, 0.5) is 10.5 Å². The number of esters is 1. The summed E-state index contributed by atoms with van der Waals surface area (Å²) in [6, 6.07) is 6.72. The van der Waals surface area contributed by atoms with Crippen LogP contribution in [0.25, 0.3) is 0 Å². The van der Waals surface area contributed by atoms with Crippen molar-refractivity contribution in [3.05, 3.63) is 29.3 Å². The minimum atomic E-state index is -0.474. The van der Waals surface area contributed by atoms with Crippen molar-refractivity contribution in [1.82, 2.24) is 9.80 Å². The molecule has 2 aliphatic rings. The SMILES string of the molecule is Cc1ccc(CN(C)C2(C)CCN(C(=O)OC(C)(C)C)CC2)c(N2CCC(C(=O)OC(C)(C)C)CC2)c1. The number of piperidine rings is 2. The molecule has 1 aromatic carbocycles. The molecule has 37 heavy (non-hydrogen) atoms. The smallest absolute Gasteiger partial charge is 0.410 e. The molecule has 208 valence electrons. The summed E-state index contributed by atoms with van der Waals surface area (Å²) >= 11 is 0. The van der Waals surface area contributed by atoms with Gasteiger partial charge in [0, 0.05) is 44.0 Å². The Morgan fingerprint density at radius 2 is 1.54 bits per heavy atom. The molecule has 1 aromatic rings. The number of amides is 1. The van der Waals surface area contributed by atoms with Crippen molar-refractivity contribution in [1.29, 1.82) is 0 Å². The highest BCUT2D eigenvalue weighted by atomic mass is 16.6. The summed E-state index contributed by atoms with van der Waals surface area (Å²) in [5.74, 6) is -0.0949. The van der Waals surface area contributed by atoms with Gasteiger partial charge in [-0.3, -0.25) is 9.69 Å². The summed E-state index contributed by atoms with van der Waals surface area (Å²) in [6.45, 7) is 19.9. The topological polar surface area (TPSA) is 62.3 Å². The van der Waals surface area contributed by atoms with Crippen molar-refractivity contribution in [2.45, 2.75) is 104 Å². The lowest BCUT2D eigenvalue weighted by Gasteiger charge is -2.45. The Morgan fingerprint density at radius 3 is 2.08 bits per heavy atom. The molecule has 7 nitrogen and oxygen atoms in total. The van der Waals surface area contributed by atoms with Crippen LogP contribution in [-0.2, 0) is 20.8 Å². The van der Waals surface area contributed by atoms with Crippen molar-refractivity contribution in [2.24, 2.45) is 5.92 Å². The van der Waals surface area contributed by atoms with Crippen LogP contribution in [-0.4, -0.2) is 71.8 Å². The number of carbonyl (C=O) groups excluding carboxylic acids is 2. The van der Waals surface area contributed by atoms with Gasteiger partial charge < -0.3 is 19.3 Å². The number of hydrogen-bond donors (Lipinski definition) is 0. The Hall–Kier alpha value is -2.28. The minimum Gasteiger partial charge on any atom is -0.460 e. The summed E-state index contributed by atoms with van der Waals surface area (Å²) in [5, 5.41) is 0. The number of aryl methyl sites for hydroxylation is 1. The summed E-state index contributed by atoms with van der Waals surface area (Å²) in [5.41, 5.74) is 2.90. The van der Waals surface area contributed by atoms with E-state index in [2.05, 4.69) is 48.9 Å². The van der Waals surface area contributed by atoms with Crippen LogP contribution in [0.15, 0.2) is 18.2 Å². The van der Waals surface area contributed by atoms with E-state index in [0.29, 0.717) is 13.1 Å². The molecule has 0 aromatic heterocycles. The molecule has 0 spiro atoms. The van der Waals surface area contributed by atoms with Gasteiger partial charge in [0.2, 0.25) is 0 Å². The normalized spacial score (nSPS) is 19.2. The first kappa shape index (κ1) is 29.3. The molecule has 2 saturated heterocycles.